The minimum atomic E-state index is -1.47. The van der Waals surface area contributed by atoms with E-state index in [2.05, 4.69) is 11.9 Å². The van der Waals surface area contributed by atoms with Crippen molar-refractivity contribution in [3.8, 4) is 0 Å². The molecule has 10 heteroatoms. The summed E-state index contributed by atoms with van der Waals surface area (Å²) in [5.74, 6) is -4.92. The van der Waals surface area contributed by atoms with Crippen molar-refractivity contribution in [3.05, 3.63) is 105 Å². The molecule has 0 aromatic rings. The van der Waals surface area contributed by atoms with Gasteiger partial charge in [0.25, 0.3) is 0 Å². The highest BCUT2D eigenvalue weighted by Gasteiger charge is 2.51. The molecule has 6 rings (SSSR count). The number of rotatable bonds is 6. The predicted octanol–water partition coefficient (Wildman–Crippen LogP) is 5.20. The molecule has 0 aromatic carbocycles. The molecule has 0 spiro atoms. The Morgan fingerprint density at radius 2 is 1.80 bits per heavy atom. The molecule has 6 aliphatic rings. The lowest BCUT2D eigenvalue weighted by molar-refractivity contribution is -0.143. The molecule has 2 fully saturated rings. The van der Waals surface area contributed by atoms with Crippen LogP contribution in [0, 0.1) is 17.8 Å². The van der Waals surface area contributed by atoms with Crippen LogP contribution >= 0.6 is 0 Å². The molecule has 10 nitrogen and oxygen atoms in total. The summed E-state index contributed by atoms with van der Waals surface area (Å²) in [5.41, 5.74) is 8.42. The number of hydrogen-bond donors (Lipinski definition) is 4. The normalized spacial score (nSPS) is 26.6. The van der Waals surface area contributed by atoms with Crippen molar-refractivity contribution < 1.29 is 29.7 Å². The van der Waals surface area contributed by atoms with Crippen molar-refractivity contribution in [1.82, 2.24) is 5.32 Å². The topological polar surface area (TPSA) is 161 Å². The third-order valence-corrected chi connectivity index (χ3v) is 9.21. The van der Waals surface area contributed by atoms with E-state index in [1.54, 1.807) is 19.1 Å². The molecule has 5 heterocycles. The van der Waals surface area contributed by atoms with E-state index in [1.165, 1.54) is 0 Å². The van der Waals surface area contributed by atoms with Gasteiger partial charge in [-0.1, -0.05) is 26.5 Å². The zero-order chi connectivity index (χ0) is 31.6. The fourth-order valence-corrected chi connectivity index (χ4v) is 6.88. The van der Waals surface area contributed by atoms with Crippen LogP contribution in [0.1, 0.15) is 47.0 Å². The number of carboxylic acids is 2. The summed E-state index contributed by atoms with van der Waals surface area (Å²) in [6.07, 6.45) is 8.87. The summed E-state index contributed by atoms with van der Waals surface area (Å²) in [5, 5.41) is 33.5. The summed E-state index contributed by atoms with van der Waals surface area (Å²) < 4.78 is 0. The van der Waals surface area contributed by atoms with E-state index >= 15 is 0 Å². The second kappa shape index (κ2) is 10.6. The van der Waals surface area contributed by atoms with Gasteiger partial charge < -0.3 is 20.6 Å². The molecule has 3 atom stereocenters. The van der Waals surface area contributed by atoms with Crippen LogP contribution in [0.5, 0.6) is 0 Å². The van der Waals surface area contributed by atoms with Crippen molar-refractivity contribution in [3.63, 3.8) is 0 Å². The third-order valence-electron chi connectivity index (χ3n) is 9.21. The van der Waals surface area contributed by atoms with Gasteiger partial charge in [0.2, 0.25) is 0 Å². The monoisotopic (exact) mass is 592 g/mol. The summed E-state index contributed by atoms with van der Waals surface area (Å²) >= 11 is 0. The number of carbonyl (C=O) groups is 3. The molecular formula is C34H32N4O6. The number of aliphatic hydroxyl groups excluding tert-OH is 1. The number of allylic oxidation sites excluding steroid dienone is 11. The van der Waals surface area contributed by atoms with Crippen molar-refractivity contribution in [1.29, 1.82) is 0 Å². The van der Waals surface area contributed by atoms with Gasteiger partial charge in [0, 0.05) is 51.9 Å². The maximum absolute atomic E-state index is 13.8. The number of nitrogens with one attached hydrogen (secondary N) is 1. The lowest BCUT2D eigenvalue weighted by Crippen LogP contribution is -2.25. The Labute approximate surface area is 254 Å². The van der Waals surface area contributed by atoms with Gasteiger partial charge >= 0.3 is 11.9 Å². The van der Waals surface area contributed by atoms with Crippen LogP contribution in [0.2, 0.25) is 0 Å². The van der Waals surface area contributed by atoms with Gasteiger partial charge in [0.15, 0.2) is 5.78 Å². The first-order chi connectivity index (χ1) is 21.0. The van der Waals surface area contributed by atoms with E-state index in [1.807, 2.05) is 32.9 Å². The maximum Gasteiger partial charge on any atom is 0.319 e. The molecule has 5 aliphatic heterocycles. The van der Waals surface area contributed by atoms with Gasteiger partial charge in [-0.2, -0.15) is 0 Å². The Morgan fingerprint density at radius 3 is 2.43 bits per heavy atom. The largest absolute Gasteiger partial charge is 0.515 e. The van der Waals surface area contributed by atoms with Crippen molar-refractivity contribution in [2.24, 2.45) is 32.7 Å². The van der Waals surface area contributed by atoms with Crippen LogP contribution in [-0.4, -0.2) is 50.2 Å². The Balaban J connectivity index is 1.69. The molecule has 0 radical (unpaired) electrons. The van der Waals surface area contributed by atoms with Gasteiger partial charge in [-0.25, -0.2) is 15.0 Å². The second-order valence-electron chi connectivity index (χ2n) is 11.5. The van der Waals surface area contributed by atoms with Crippen LogP contribution in [0.15, 0.2) is 120 Å². The van der Waals surface area contributed by atoms with E-state index in [0.717, 1.165) is 28.7 Å². The quantitative estimate of drug-likeness (QED) is 0.244. The lowest BCUT2D eigenvalue weighted by atomic mass is 9.85. The Kier molecular flexibility index (Phi) is 6.95. The molecule has 1 aliphatic carbocycles. The summed E-state index contributed by atoms with van der Waals surface area (Å²) in [6.45, 7) is 11.6. The van der Waals surface area contributed by atoms with Crippen LogP contribution in [0.25, 0.3) is 0 Å². The average Bonchev–Trinajstić information content (AvgIpc) is 3.72. The molecule has 44 heavy (non-hydrogen) atoms. The zero-order valence-corrected chi connectivity index (χ0v) is 24.9. The predicted molar refractivity (Wildman–Crippen MR) is 166 cm³/mol. The average molecular weight is 593 g/mol. The number of hydrogen-bond acceptors (Lipinski definition) is 8. The number of carboxylic acid groups (broad SMARTS) is 2. The number of fused-ring (bicyclic) bond motifs is 5. The molecule has 224 valence electrons. The molecule has 8 bridgehead atoms. The highest BCUT2D eigenvalue weighted by molar-refractivity contribution is 6.42. The highest BCUT2D eigenvalue weighted by Crippen LogP contribution is 2.47. The van der Waals surface area contributed by atoms with Crippen LogP contribution < -0.4 is 5.32 Å². The zero-order valence-electron chi connectivity index (χ0n) is 24.9. The van der Waals surface area contributed by atoms with E-state index in [9.17, 15) is 29.7 Å². The number of nitrogens with zero attached hydrogens (tertiary/aromatic N) is 3. The van der Waals surface area contributed by atoms with E-state index < -0.39 is 29.6 Å². The first kappa shape index (κ1) is 29.0. The summed E-state index contributed by atoms with van der Waals surface area (Å²) in [7, 11) is 0. The molecule has 0 aromatic heterocycles. The molecule has 0 amide bonds. The molecule has 3 unspecified atom stereocenters. The standard InChI is InChI=1S/C34H32N4O6/c1-6-17-14(3)21-10-22-15(4)19(8-9-27(40)41)31(37-22)29-30(34(43)44)33(42)28-16(5)23(38-32(28)29)11-25-18(7-2)20(13-39)26(36-25)12-24(17)35-21/h6,10-13,15,19,30,37,39H,1,7-9H2,2-5H3,(H,40,41)(H,43,44)/b20-13+,22-10?,23-11?,24-12?,31-29?. The fraction of sp³-hybridized carbons (Fsp3) is 0.294. The molecule has 1 saturated carbocycles. The Bertz CT molecular complexity index is 1850. The molecule has 1 saturated heterocycles. The minimum absolute atomic E-state index is 0.131. The molecular weight excluding hydrogens is 560 g/mol. The lowest BCUT2D eigenvalue weighted by Gasteiger charge is -2.18. The Hall–Kier alpha value is -5.12. The van der Waals surface area contributed by atoms with E-state index in [0.29, 0.717) is 57.5 Å². The number of ketones is 1. The number of aliphatic hydroxyl groups is 1. The number of aliphatic imine (C=N–C) groups is 3. The van der Waals surface area contributed by atoms with Gasteiger partial charge in [-0.3, -0.25) is 14.4 Å². The molecule has 4 N–H and O–H groups in total. The fourth-order valence-electron chi connectivity index (χ4n) is 6.88. The summed E-state index contributed by atoms with van der Waals surface area (Å²) in [4.78, 5) is 52.6. The van der Waals surface area contributed by atoms with Crippen LogP contribution in [-0.2, 0) is 14.4 Å². The number of Topliss-reactive ketones (excluding diaryl/α,β-unsaturated/α-hetero) is 1. The van der Waals surface area contributed by atoms with Gasteiger partial charge in [-0.05, 0) is 61.6 Å². The van der Waals surface area contributed by atoms with Crippen molar-refractivity contribution in [2.45, 2.75) is 47.0 Å². The van der Waals surface area contributed by atoms with Gasteiger partial charge in [0.05, 0.1) is 40.5 Å². The Morgan fingerprint density at radius 1 is 1.05 bits per heavy atom. The highest BCUT2D eigenvalue weighted by atomic mass is 16.4. The maximum atomic E-state index is 13.8. The first-order valence-electron chi connectivity index (χ1n) is 14.6. The second-order valence-corrected chi connectivity index (χ2v) is 11.5. The van der Waals surface area contributed by atoms with Crippen molar-refractivity contribution in [2.75, 3.05) is 0 Å². The number of carbonyl (C=O) groups excluding carboxylic acids is 1. The summed E-state index contributed by atoms with van der Waals surface area (Å²) in [6, 6.07) is 0. The SMILES string of the molecule is C=CC1=C(C)C2=NC1=CC1=NC(=C(CC)/C1=C\O)C=C1N=C3C(=C1C)C(=O)C(C(=O)O)C3=C1NC(=C2)C(C)C1CCC(=O)O. The minimum Gasteiger partial charge on any atom is -0.515 e. The smallest absolute Gasteiger partial charge is 0.319 e. The van der Waals surface area contributed by atoms with E-state index in [4.69, 9.17) is 15.0 Å². The third kappa shape index (κ3) is 4.24. The van der Waals surface area contributed by atoms with Crippen LogP contribution in [0.3, 0.4) is 0 Å². The van der Waals surface area contributed by atoms with Crippen LogP contribution in [0.4, 0.5) is 0 Å². The van der Waals surface area contributed by atoms with Gasteiger partial charge in [0.1, 0.15) is 5.92 Å². The number of aliphatic carboxylic acids is 2. The van der Waals surface area contributed by atoms with E-state index in [-0.39, 0.29) is 29.9 Å². The van der Waals surface area contributed by atoms with Gasteiger partial charge in [-0.15, -0.1) is 0 Å². The van der Waals surface area contributed by atoms with Crippen molar-refractivity contribution >= 4 is 34.9 Å². The first-order valence-corrected chi connectivity index (χ1v) is 14.6.